The van der Waals surface area contributed by atoms with Crippen molar-refractivity contribution in [2.75, 3.05) is 4.90 Å². The third-order valence-corrected chi connectivity index (χ3v) is 9.02. The molecule has 2 aliphatic heterocycles. The number of nitro groups is 1. The Hall–Kier alpha value is -4.22. The average Bonchev–Trinajstić information content (AvgIpc) is 3.42. The van der Waals surface area contributed by atoms with E-state index < -0.39 is 33.8 Å². The molecule has 3 aromatic carbocycles. The number of rotatable bonds is 6. The molecular formula is C27H19N3O6S2. The first-order valence-electron chi connectivity index (χ1n) is 11.7. The van der Waals surface area contributed by atoms with Crippen LogP contribution in [0.3, 0.4) is 0 Å². The summed E-state index contributed by atoms with van der Waals surface area (Å²) in [5.41, 5.74) is 1.55. The minimum atomic E-state index is -0.882. The van der Waals surface area contributed by atoms with Gasteiger partial charge in [-0.2, -0.15) is 0 Å². The van der Waals surface area contributed by atoms with Crippen LogP contribution in [0.4, 0.5) is 11.4 Å². The van der Waals surface area contributed by atoms with Crippen LogP contribution in [0.1, 0.15) is 21.9 Å². The molecule has 0 saturated carbocycles. The standard InChI is InChI=1S/C27H19N3O6S2/c31-25-21-20(18-13-17(30(34)35)11-12-19(18)36-14-15-7-3-1-4-8-15)22-24(28-27(33)38-22)37-23(21)26(32)29(25)16-9-5-2-6-10-16/h1-13,20-21,23H,14H2,(H,28,33). The van der Waals surface area contributed by atoms with Crippen molar-refractivity contribution in [2.45, 2.75) is 22.8 Å². The second-order valence-electron chi connectivity index (χ2n) is 8.85. The molecule has 1 N–H and O–H groups in total. The lowest BCUT2D eigenvalue weighted by Gasteiger charge is -2.30. The number of para-hydroxylation sites is 1. The molecule has 1 saturated heterocycles. The van der Waals surface area contributed by atoms with Gasteiger partial charge in [0, 0.05) is 28.5 Å². The number of thioether (sulfide) groups is 1. The van der Waals surface area contributed by atoms with E-state index in [4.69, 9.17) is 4.74 Å². The molecule has 1 aromatic heterocycles. The number of H-pyrrole nitrogens is 1. The molecule has 190 valence electrons. The smallest absolute Gasteiger partial charge is 0.305 e. The van der Waals surface area contributed by atoms with Crippen molar-refractivity contribution in [3.8, 4) is 5.75 Å². The number of amides is 2. The highest BCUT2D eigenvalue weighted by Crippen LogP contribution is 2.55. The minimum Gasteiger partial charge on any atom is -0.489 e. The zero-order valence-corrected chi connectivity index (χ0v) is 21.2. The monoisotopic (exact) mass is 545 g/mol. The maximum atomic E-state index is 13.9. The first kappa shape index (κ1) is 24.1. The molecule has 9 nitrogen and oxygen atoms in total. The van der Waals surface area contributed by atoms with E-state index in [1.54, 1.807) is 30.3 Å². The van der Waals surface area contributed by atoms with Gasteiger partial charge in [-0.15, -0.1) is 0 Å². The normalized spacial score (nSPS) is 20.2. The molecule has 0 spiro atoms. The highest BCUT2D eigenvalue weighted by Gasteiger charge is 2.57. The third-order valence-electron chi connectivity index (χ3n) is 6.61. The number of benzene rings is 3. The van der Waals surface area contributed by atoms with Gasteiger partial charge in [-0.1, -0.05) is 71.6 Å². The highest BCUT2D eigenvalue weighted by atomic mass is 32.2. The van der Waals surface area contributed by atoms with Crippen LogP contribution in [-0.4, -0.2) is 27.0 Å². The van der Waals surface area contributed by atoms with E-state index in [0.29, 0.717) is 26.9 Å². The molecule has 11 heteroatoms. The van der Waals surface area contributed by atoms with Crippen LogP contribution in [0.15, 0.2) is 88.7 Å². The SMILES string of the molecule is O=C1C2Sc3[nH]c(=O)sc3C(c3cc([N+](=O)[O-])ccc3OCc3ccccc3)C2C(=O)N1c1ccccc1. The van der Waals surface area contributed by atoms with E-state index in [2.05, 4.69) is 4.98 Å². The van der Waals surface area contributed by atoms with Crippen molar-refractivity contribution in [1.82, 2.24) is 4.98 Å². The van der Waals surface area contributed by atoms with Crippen LogP contribution < -0.4 is 14.5 Å². The second kappa shape index (κ2) is 9.58. The van der Waals surface area contributed by atoms with E-state index >= 15 is 0 Å². The quantitative estimate of drug-likeness (QED) is 0.211. The van der Waals surface area contributed by atoms with Crippen molar-refractivity contribution >= 4 is 46.3 Å². The molecule has 2 aliphatic rings. The molecule has 0 radical (unpaired) electrons. The Bertz CT molecular complexity index is 1620. The summed E-state index contributed by atoms with van der Waals surface area (Å²) in [5, 5.41) is 11.4. The average molecular weight is 546 g/mol. The summed E-state index contributed by atoms with van der Waals surface area (Å²) >= 11 is 2.09. The van der Waals surface area contributed by atoms with Crippen LogP contribution in [0.5, 0.6) is 5.75 Å². The van der Waals surface area contributed by atoms with Gasteiger partial charge < -0.3 is 9.72 Å². The number of nitro benzene ring substituents is 1. The number of ether oxygens (including phenoxy) is 1. The number of aromatic nitrogens is 1. The van der Waals surface area contributed by atoms with Crippen LogP contribution in [0.25, 0.3) is 0 Å². The Morgan fingerprint density at radius 2 is 1.66 bits per heavy atom. The van der Waals surface area contributed by atoms with Crippen LogP contribution in [0, 0.1) is 16.0 Å². The molecular weight excluding hydrogens is 526 g/mol. The molecule has 6 rings (SSSR count). The van der Waals surface area contributed by atoms with Gasteiger partial charge in [0.05, 0.1) is 21.6 Å². The van der Waals surface area contributed by atoms with Gasteiger partial charge in [-0.3, -0.25) is 24.5 Å². The number of nitrogens with one attached hydrogen (secondary N) is 1. The number of imide groups is 1. The largest absolute Gasteiger partial charge is 0.489 e. The molecule has 4 aromatic rings. The Morgan fingerprint density at radius 1 is 0.947 bits per heavy atom. The van der Waals surface area contributed by atoms with Crippen LogP contribution in [0.2, 0.25) is 0 Å². The van der Waals surface area contributed by atoms with Gasteiger partial charge in [0.2, 0.25) is 11.8 Å². The number of aromatic amines is 1. The number of fused-ring (bicyclic) bond motifs is 2. The van der Waals surface area contributed by atoms with E-state index in [1.165, 1.54) is 23.1 Å². The summed E-state index contributed by atoms with van der Waals surface area (Å²) in [7, 11) is 0. The summed E-state index contributed by atoms with van der Waals surface area (Å²) in [6, 6.07) is 22.3. The van der Waals surface area contributed by atoms with Gasteiger partial charge >= 0.3 is 4.87 Å². The summed E-state index contributed by atoms with van der Waals surface area (Å²) in [4.78, 5) is 55.3. The van der Waals surface area contributed by atoms with E-state index in [-0.39, 0.29) is 17.2 Å². The minimum absolute atomic E-state index is 0.178. The first-order valence-corrected chi connectivity index (χ1v) is 13.4. The van der Waals surface area contributed by atoms with Gasteiger partial charge in [0.25, 0.3) is 5.69 Å². The van der Waals surface area contributed by atoms with E-state index in [1.807, 2.05) is 30.3 Å². The Kier molecular flexibility index (Phi) is 6.09. The predicted octanol–water partition coefficient (Wildman–Crippen LogP) is 4.72. The van der Waals surface area contributed by atoms with E-state index in [9.17, 15) is 24.5 Å². The summed E-state index contributed by atoms with van der Waals surface area (Å²) in [5.74, 6) is -2.14. The van der Waals surface area contributed by atoms with Gasteiger partial charge in [-0.25, -0.2) is 4.90 Å². The molecule has 0 bridgehead atoms. The highest BCUT2D eigenvalue weighted by molar-refractivity contribution is 8.00. The maximum absolute atomic E-state index is 13.9. The Morgan fingerprint density at radius 3 is 2.37 bits per heavy atom. The zero-order chi connectivity index (χ0) is 26.4. The Balaban J connectivity index is 1.49. The molecule has 3 heterocycles. The number of non-ortho nitro benzene ring substituents is 1. The predicted molar refractivity (Wildman–Crippen MR) is 143 cm³/mol. The molecule has 3 atom stereocenters. The van der Waals surface area contributed by atoms with Gasteiger partial charge in [0.15, 0.2) is 0 Å². The number of hydrogen-bond donors (Lipinski definition) is 1. The third kappa shape index (κ3) is 4.09. The summed E-state index contributed by atoms with van der Waals surface area (Å²) in [6.07, 6.45) is 0. The molecule has 2 amide bonds. The lowest BCUT2D eigenvalue weighted by molar-refractivity contribution is -0.385. The van der Waals surface area contributed by atoms with Gasteiger partial charge in [-0.05, 0) is 23.8 Å². The number of carbonyl (C=O) groups is 2. The molecule has 3 unspecified atom stereocenters. The summed E-state index contributed by atoms with van der Waals surface area (Å²) in [6.45, 7) is 0.195. The van der Waals surface area contributed by atoms with Gasteiger partial charge in [0.1, 0.15) is 17.6 Å². The topological polar surface area (TPSA) is 123 Å². The lowest BCUT2D eigenvalue weighted by Crippen LogP contribution is -2.32. The number of thiazole rings is 1. The fourth-order valence-electron chi connectivity index (χ4n) is 4.94. The Labute approximate surface area is 224 Å². The molecule has 0 aliphatic carbocycles. The van der Waals surface area contributed by atoms with Crippen LogP contribution >= 0.6 is 23.1 Å². The van der Waals surface area contributed by atoms with Crippen molar-refractivity contribution in [1.29, 1.82) is 0 Å². The van der Waals surface area contributed by atoms with Crippen molar-refractivity contribution in [3.05, 3.63) is 115 Å². The fourth-order valence-corrected chi connectivity index (χ4v) is 7.45. The number of hydrogen-bond acceptors (Lipinski definition) is 8. The molecule has 1 fully saturated rings. The number of nitrogens with zero attached hydrogens (tertiary/aromatic N) is 2. The zero-order valence-electron chi connectivity index (χ0n) is 19.6. The second-order valence-corrected chi connectivity index (χ2v) is 11.0. The fraction of sp³-hybridized carbons (Fsp3) is 0.148. The van der Waals surface area contributed by atoms with Crippen LogP contribution in [-0.2, 0) is 16.2 Å². The summed E-state index contributed by atoms with van der Waals surface area (Å²) < 4.78 is 6.13. The van der Waals surface area contributed by atoms with Crippen molar-refractivity contribution in [2.24, 2.45) is 5.92 Å². The van der Waals surface area contributed by atoms with E-state index in [0.717, 1.165) is 28.7 Å². The van der Waals surface area contributed by atoms with Crippen molar-refractivity contribution in [3.63, 3.8) is 0 Å². The molecule has 38 heavy (non-hydrogen) atoms. The first-order chi connectivity index (χ1) is 18.4. The lowest BCUT2D eigenvalue weighted by atomic mass is 9.82. The van der Waals surface area contributed by atoms with Crippen molar-refractivity contribution < 1.29 is 19.2 Å². The number of anilines is 1. The number of carbonyl (C=O) groups excluding carboxylic acids is 2. The maximum Gasteiger partial charge on any atom is 0.305 e.